The summed E-state index contributed by atoms with van der Waals surface area (Å²) in [5, 5.41) is 11.6. The summed E-state index contributed by atoms with van der Waals surface area (Å²) in [6, 6.07) is 7.93. The fourth-order valence-electron chi connectivity index (χ4n) is 8.93. The third-order valence-corrected chi connectivity index (χ3v) is 11.5. The van der Waals surface area contributed by atoms with Crippen LogP contribution in [0.3, 0.4) is 0 Å². The number of amides is 1. The predicted molar refractivity (Wildman–Crippen MR) is 188 cm³/mol. The zero-order valence-corrected chi connectivity index (χ0v) is 31.0. The zero-order chi connectivity index (χ0) is 37.4. The van der Waals surface area contributed by atoms with Gasteiger partial charge in [0.05, 0.1) is 0 Å². The van der Waals surface area contributed by atoms with Crippen molar-refractivity contribution < 1.29 is 36.6 Å². The Labute approximate surface area is 295 Å². The maximum atomic E-state index is 15.4. The monoisotopic (exact) mass is 708 g/mol. The van der Waals surface area contributed by atoms with Crippen LogP contribution in [0.15, 0.2) is 59.7 Å². The van der Waals surface area contributed by atoms with Crippen molar-refractivity contribution in [3.63, 3.8) is 0 Å². The van der Waals surface area contributed by atoms with E-state index in [4.69, 9.17) is 4.74 Å². The number of rotatable bonds is 9. The van der Waals surface area contributed by atoms with Gasteiger partial charge in [0, 0.05) is 44.1 Å². The van der Waals surface area contributed by atoms with E-state index in [9.17, 15) is 23.1 Å². The number of nitrogens with zero attached hydrogens (tertiary/aromatic N) is 2. The quantitative estimate of drug-likeness (QED) is 0.205. The van der Waals surface area contributed by atoms with Crippen LogP contribution in [0, 0.1) is 17.3 Å². The Morgan fingerprint density at radius 1 is 1.00 bits per heavy atom. The van der Waals surface area contributed by atoms with E-state index in [2.05, 4.69) is 18.1 Å². The van der Waals surface area contributed by atoms with Crippen molar-refractivity contribution in [1.29, 1.82) is 0 Å². The highest BCUT2D eigenvalue weighted by Crippen LogP contribution is 2.69. The number of alkyl halides is 5. The molecule has 1 heterocycles. The third-order valence-electron chi connectivity index (χ3n) is 11.5. The number of hydrogen-bond donors (Lipinski definition) is 1. The highest BCUT2D eigenvalue weighted by molar-refractivity contribution is 5.68. The van der Waals surface area contributed by atoms with Gasteiger partial charge >= 0.3 is 18.2 Å². The van der Waals surface area contributed by atoms with Crippen LogP contribution in [0.1, 0.15) is 110 Å². The van der Waals surface area contributed by atoms with Gasteiger partial charge in [-0.3, -0.25) is 4.90 Å². The fraction of sp³-hybridized carbons (Fsp3) is 0.675. The molecule has 1 aliphatic heterocycles. The van der Waals surface area contributed by atoms with Gasteiger partial charge in [-0.1, -0.05) is 61.4 Å². The molecule has 0 bridgehead atoms. The van der Waals surface area contributed by atoms with Crippen molar-refractivity contribution >= 4 is 6.09 Å². The third kappa shape index (κ3) is 7.86. The van der Waals surface area contributed by atoms with Gasteiger partial charge in [0.25, 0.3) is 0 Å². The van der Waals surface area contributed by atoms with Crippen LogP contribution in [-0.2, 0) is 11.3 Å². The molecule has 0 aromatic heterocycles. The van der Waals surface area contributed by atoms with Crippen molar-refractivity contribution in [2.45, 2.75) is 129 Å². The van der Waals surface area contributed by atoms with Gasteiger partial charge in [0.2, 0.25) is 0 Å². The molecule has 5 atom stereocenters. The van der Waals surface area contributed by atoms with Gasteiger partial charge in [0.15, 0.2) is 0 Å². The van der Waals surface area contributed by atoms with Gasteiger partial charge in [0.1, 0.15) is 11.2 Å². The molecule has 1 aromatic carbocycles. The molecule has 2 saturated carbocycles. The number of ether oxygens (including phenoxy) is 1. The minimum Gasteiger partial charge on any atom is -0.444 e. The van der Waals surface area contributed by atoms with E-state index in [0.29, 0.717) is 45.4 Å². The summed E-state index contributed by atoms with van der Waals surface area (Å²) in [5.41, 5.74) is 0.258. The zero-order valence-electron chi connectivity index (χ0n) is 31.0. The number of hydrogen-bond acceptors (Lipinski definition) is 4. The Hall–Kier alpha value is -2.72. The maximum absolute atomic E-state index is 15.4. The van der Waals surface area contributed by atoms with Crippen molar-refractivity contribution in [2.24, 2.45) is 17.3 Å². The molecule has 0 radical (unpaired) electrons. The summed E-state index contributed by atoms with van der Waals surface area (Å²) in [6.45, 7) is 24.4. The normalized spacial score (nSPS) is 29.3. The van der Waals surface area contributed by atoms with Crippen LogP contribution in [0.25, 0.3) is 0 Å². The molecule has 50 heavy (non-hydrogen) atoms. The number of aliphatic hydroxyl groups is 1. The van der Waals surface area contributed by atoms with Crippen molar-refractivity contribution in [2.75, 3.05) is 26.2 Å². The Kier molecular flexibility index (Phi) is 11.8. The van der Waals surface area contributed by atoms with E-state index < -0.39 is 47.0 Å². The number of fused-ring (bicyclic) bond motifs is 1. The Morgan fingerprint density at radius 3 is 2.18 bits per heavy atom. The molecule has 1 amide bonds. The molecule has 4 rings (SSSR count). The summed E-state index contributed by atoms with van der Waals surface area (Å²) in [7, 11) is 0. The topological polar surface area (TPSA) is 53.0 Å². The second kappa shape index (κ2) is 14.7. The smallest absolute Gasteiger partial charge is 0.444 e. The van der Waals surface area contributed by atoms with Crippen molar-refractivity contribution in [3.8, 4) is 0 Å². The fourth-order valence-corrected chi connectivity index (χ4v) is 8.93. The highest BCUT2D eigenvalue weighted by atomic mass is 19.4. The summed E-state index contributed by atoms with van der Waals surface area (Å²) in [4.78, 5) is 16.7. The van der Waals surface area contributed by atoms with Gasteiger partial charge in [-0.25, -0.2) is 4.79 Å². The van der Waals surface area contributed by atoms with Gasteiger partial charge in [-0.05, 0) is 108 Å². The van der Waals surface area contributed by atoms with E-state index in [1.165, 1.54) is 6.92 Å². The molecular formula is C40H57F5N2O3. The first-order valence-electron chi connectivity index (χ1n) is 18.1. The summed E-state index contributed by atoms with van der Waals surface area (Å²) in [6.07, 6.45) is -4.09. The van der Waals surface area contributed by atoms with E-state index in [1.54, 1.807) is 4.90 Å². The second-order valence-corrected chi connectivity index (χ2v) is 16.3. The van der Waals surface area contributed by atoms with Crippen LogP contribution >= 0.6 is 0 Å². The van der Waals surface area contributed by atoms with Gasteiger partial charge in [-0.15, -0.1) is 6.58 Å². The first-order valence-corrected chi connectivity index (χ1v) is 18.1. The first-order chi connectivity index (χ1) is 23.1. The predicted octanol–water partition coefficient (Wildman–Crippen LogP) is 10.2. The van der Waals surface area contributed by atoms with Crippen molar-refractivity contribution in [1.82, 2.24) is 9.80 Å². The maximum Gasteiger partial charge on any atom is 0.456 e. The van der Waals surface area contributed by atoms with Crippen LogP contribution in [0.5, 0.6) is 0 Å². The number of halogens is 5. The van der Waals surface area contributed by atoms with E-state index >= 15 is 8.78 Å². The Balaban J connectivity index is 1.70. The van der Waals surface area contributed by atoms with Gasteiger partial charge < -0.3 is 14.7 Å². The van der Waals surface area contributed by atoms with Crippen LogP contribution in [-0.4, -0.2) is 70.5 Å². The Morgan fingerprint density at radius 2 is 1.64 bits per heavy atom. The molecule has 1 saturated heterocycles. The molecule has 3 fully saturated rings. The van der Waals surface area contributed by atoms with Crippen LogP contribution < -0.4 is 0 Å². The lowest BCUT2D eigenvalue weighted by molar-refractivity contribution is -0.362. The van der Waals surface area contributed by atoms with Gasteiger partial charge in [-0.2, -0.15) is 22.0 Å². The average molecular weight is 709 g/mol. The molecule has 3 aliphatic rings. The minimum absolute atomic E-state index is 0.0402. The Bertz CT molecular complexity index is 1450. The van der Waals surface area contributed by atoms with Crippen LogP contribution in [0.4, 0.5) is 26.7 Å². The van der Waals surface area contributed by atoms with E-state index in [-0.39, 0.29) is 24.9 Å². The van der Waals surface area contributed by atoms with E-state index in [0.717, 1.165) is 46.4 Å². The van der Waals surface area contributed by atoms with Crippen LogP contribution in [0.2, 0.25) is 0 Å². The molecular weight excluding hydrogens is 651 g/mol. The lowest BCUT2D eigenvalue weighted by Gasteiger charge is -2.55. The lowest BCUT2D eigenvalue weighted by Crippen LogP contribution is -2.65. The molecule has 5 nitrogen and oxygen atoms in total. The van der Waals surface area contributed by atoms with E-state index in [1.807, 2.05) is 65.8 Å². The molecule has 1 aromatic rings. The lowest BCUT2D eigenvalue weighted by atomic mass is 9.52. The standard InChI is InChI=1S/C40H57F5N2O3/c1-10-30-33-18-19-38(49,39(41,42)40(43,44)45)37(33,9)24-32(34(30)31(27(4)5)17-12-26(2)3)29-15-13-28(14-16-29)25-46-20-11-21-47(23-22-46)35(48)50-36(6,7)8/h13-16,30,32-33,49H,2,4,10-12,17-25H2,1,3,5-9H3/b34-31+/t30?,32-,33?,37?,38+/m1/s1. The summed E-state index contributed by atoms with van der Waals surface area (Å²) in [5.74, 6) is -6.61. The molecule has 10 heteroatoms. The van der Waals surface area contributed by atoms with Crippen molar-refractivity contribution in [3.05, 3.63) is 70.8 Å². The number of carbonyl (C=O) groups is 1. The summed E-state index contributed by atoms with van der Waals surface area (Å²) < 4.78 is 78.2. The summed E-state index contributed by atoms with van der Waals surface area (Å²) >= 11 is 0. The molecule has 1 N–H and O–H groups in total. The first kappa shape index (κ1) is 40.1. The minimum atomic E-state index is -5.88. The SMILES string of the molecule is C=C(C)CC/C(C(=C)C)=C1/C(CC)C2CC[C@@](O)(C(F)(F)C(F)(F)F)C2(C)C[C@@H]1c1ccc(CN2CCCN(C(=O)OC(C)(C)C)CC2)cc1. The average Bonchev–Trinajstić information content (AvgIpc) is 3.13. The number of carbonyl (C=O) groups excluding carboxylic acids is 1. The molecule has 280 valence electrons. The largest absolute Gasteiger partial charge is 0.456 e. The molecule has 3 unspecified atom stereocenters. The number of benzene rings is 1. The second-order valence-electron chi connectivity index (χ2n) is 16.3. The molecule has 2 aliphatic carbocycles. The highest BCUT2D eigenvalue weighted by Gasteiger charge is 2.79. The molecule has 0 spiro atoms. The number of allylic oxidation sites excluding steroid dienone is 4.